The Hall–Kier alpha value is -1.68. The number of nitrogens with one attached hydrogen (secondary N) is 1. The molecule has 1 aromatic heterocycles. The normalized spacial score (nSPS) is 12.2. The van der Waals surface area contributed by atoms with E-state index in [1.54, 1.807) is 18.0 Å². The summed E-state index contributed by atoms with van der Waals surface area (Å²) in [7, 11) is 0. The second kappa shape index (κ2) is 6.66. The van der Waals surface area contributed by atoms with Crippen LogP contribution in [0.3, 0.4) is 0 Å². The predicted octanol–water partition coefficient (Wildman–Crippen LogP) is 4.16. The number of amides is 1. The van der Waals surface area contributed by atoms with Crippen molar-refractivity contribution >= 4 is 23.4 Å². The van der Waals surface area contributed by atoms with Gasteiger partial charge < -0.3 is 9.73 Å². The molecule has 106 valence electrons. The van der Waals surface area contributed by atoms with Gasteiger partial charge in [-0.05, 0) is 56.2 Å². The summed E-state index contributed by atoms with van der Waals surface area (Å²) in [5.74, 6) is 1.61. The van der Waals surface area contributed by atoms with E-state index < -0.39 is 0 Å². The molecule has 1 amide bonds. The molecule has 1 unspecified atom stereocenters. The van der Waals surface area contributed by atoms with E-state index in [0.717, 1.165) is 11.4 Å². The Labute approximate surface area is 123 Å². The van der Waals surface area contributed by atoms with Gasteiger partial charge in [-0.3, -0.25) is 4.79 Å². The predicted molar refractivity (Wildman–Crippen MR) is 84.0 cm³/mol. The number of hydrogen-bond donors (Lipinski definition) is 1. The molecule has 0 saturated heterocycles. The molecule has 1 heterocycles. The molecule has 20 heavy (non-hydrogen) atoms. The van der Waals surface area contributed by atoms with Gasteiger partial charge in [0.15, 0.2) is 0 Å². The van der Waals surface area contributed by atoms with Crippen molar-refractivity contribution in [2.75, 3.05) is 5.32 Å². The van der Waals surface area contributed by atoms with Gasteiger partial charge in [-0.2, -0.15) is 0 Å². The van der Waals surface area contributed by atoms with Crippen LogP contribution in [0.2, 0.25) is 0 Å². The molecular formula is C16H19NO2S. The van der Waals surface area contributed by atoms with Gasteiger partial charge in [0, 0.05) is 5.69 Å². The average Bonchev–Trinajstić information content (AvgIpc) is 2.93. The van der Waals surface area contributed by atoms with E-state index in [-0.39, 0.29) is 11.2 Å². The molecule has 2 rings (SSSR count). The first-order valence-corrected chi connectivity index (χ1v) is 7.63. The standard InChI is InChI=1S/C16H19NO2S/c1-11-6-7-14(9-12(11)2)17-16(18)13(3)20-10-15-5-4-8-19-15/h4-9,13H,10H2,1-3H3,(H,17,18). The zero-order valence-corrected chi connectivity index (χ0v) is 12.8. The van der Waals surface area contributed by atoms with Crippen LogP contribution in [0, 0.1) is 13.8 Å². The SMILES string of the molecule is Cc1ccc(NC(=O)C(C)SCc2ccco2)cc1C. The van der Waals surface area contributed by atoms with Gasteiger partial charge in [-0.1, -0.05) is 6.07 Å². The molecule has 0 fully saturated rings. The Morgan fingerprint density at radius 3 is 2.75 bits per heavy atom. The summed E-state index contributed by atoms with van der Waals surface area (Å²) >= 11 is 1.56. The van der Waals surface area contributed by atoms with E-state index in [2.05, 4.69) is 12.2 Å². The molecule has 4 heteroatoms. The first-order chi connectivity index (χ1) is 9.56. The van der Waals surface area contributed by atoms with E-state index in [4.69, 9.17) is 4.42 Å². The van der Waals surface area contributed by atoms with Crippen molar-refractivity contribution < 1.29 is 9.21 Å². The lowest BCUT2D eigenvalue weighted by atomic mass is 10.1. The third-order valence-electron chi connectivity index (χ3n) is 3.20. The van der Waals surface area contributed by atoms with Crippen molar-refractivity contribution in [2.45, 2.75) is 31.8 Å². The van der Waals surface area contributed by atoms with Gasteiger partial charge in [0.1, 0.15) is 5.76 Å². The summed E-state index contributed by atoms with van der Waals surface area (Å²) in [6, 6.07) is 9.73. The first-order valence-electron chi connectivity index (χ1n) is 6.58. The Morgan fingerprint density at radius 1 is 1.30 bits per heavy atom. The number of carbonyl (C=O) groups excluding carboxylic acids is 1. The van der Waals surface area contributed by atoms with Crippen LogP contribution in [0.5, 0.6) is 0 Å². The molecule has 0 saturated carbocycles. The molecular weight excluding hydrogens is 270 g/mol. The number of benzene rings is 1. The van der Waals surface area contributed by atoms with E-state index in [1.165, 1.54) is 11.1 Å². The number of aryl methyl sites for hydroxylation is 2. The number of rotatable bonds is 5. The molecule has 0 radical (unpaired) electrons. The fraction of sp³-hybridized carbons (Fsp3) is 0.312. The van der Waals surface area contributed by atoms with Crippen LogP contribution in [0.4, 0.5) is 5.69 Å². The van der Waals surface area contributed by atoms with E-state index >= 15 is 0 Å². The minimum absolute atomic E-state index is 0.0183. The fourth-order valence-electron chi connectivity index (χ4n) is 1.74. The van der Waals surface area contributed by atoms with Crippen LogP contribution in [-0.4, -0.2) is 11.2 Å². The molecule has 0 bridgehead atoms. The molecule has 1 N–H and O–H groups in total. The minimum atomic E-state index is -0.123. The summed E-state index contributed by atoms with van der Waals surface area (Å²) in [5, 5.41) is 2.83. The summed E-state index contributed by atoms with van der Waals surface area (Å²) in [6.07, 6.45) is 1.65. The third-order valence-corrected chi connectivity index (χ3v) is 4.36. The highest BCUT2D eigenvalue weighted by molar-refractivity contribution is 7.99. The zero-order chi connectivity index (χ0) is 14.5. The van der Waals surface area contributed by atoms with Crippen LogP contribution in [0.1, 0.15) is 23.8 Å². The molecule has 0 aliphatic rings. The first kappa shape index (κ1) is 14.7. The second-order valence-electron chi connectivity index (χ2n) is 4.82. The maximum atomic E-state index is 12.1. The van der Waals surface area contributed by atoms with Crippen molar-refractivity contribution in [2.24, 2.45) is 0 Å². The quantitative estimate of drug-likeness (QED) is 0.898. The largest absolute Gasteiger partial charge is 0.468 e. The van der Waals surface area contributed by atoms with Crippen molar-refractivity contribution in [3.63, 3.8) is 0 Å². The Kier molecular flexibility index (Phi) is 4.90. The van der Waals surface area contributed by atoms with Crippen molar-refractivity contribution in [3.05, 3.63) is 53.5 Å². The fourth-order valence-corrected chi connectivity index (χ4v) is 2.53. The summed E-state index contributed by atoms with van der Waals surface area (Å²) in [4.78, 5) is 12.1. The Balaban J connectivity index is 1.88. The van der Waals surface area contributed by atoms with Crippen LogP contribution < -0.4 is 5.32 Å². The number of furan rings is 1. The minimum Gasteiger partial charge on any atom is -0.468 e. The number of hydrogen-bond acceptors (Lipinski definition) is 3. The lowest BCUT2D eigenvalue weighted by molar-refractivity contribution is -0.115. The van der Waals surface area contributed by atoms with Crippen molar-refractivity contribution in [1.29, 1.82) is 0 Å². The summed E-state index contributed by atoms with van der Waals surface area (Å²) in [5.41, 5.74) is 3.26. The van der Waals surface area contributed by atoms with E-state index in [1.807, 2.05) is 44.2 Å². The monoisotopic (exact) mass is 289 g/mol. The Morgan fingerprint density at radius 2 is 2.10 bits per heavy atom. The van der Waals surface area contributed by atoms with E-state index in [9.17, 15) is 4.79 Å². The van der Waals surface area contributed by atoms with Gasteiger partial charge in [0.05, 0.1) is 17.3 Å². The van der Waals surface area contributed by atoms with Gasteiger partial charge in [-0.15, -0.1) is 11.8 Å². The van der Waals surface area contributed by atoms with Gasteiger partial charge in [-0.25, -0.2) is 0 Å². The molecule has 1 atom stereocenters. The molecule has 0 spiro atoms. The average molecular weight is 289 g/mol. The number of carbonyl (C=O) groups is 1. The van der Waals surface area contributed by atoms with E-state index in [0.29, 0.717) is 5.75 Å². The zero-order valence-electron chi connectivity index (χ0n) is 12.0. The van der Waals surface area contributed by atoms with Gasteiger partial charge in [0.25, 0.3) is 0 Å². The highest BCUT2D eigenvalue weighted by Gasteiger charge is 2.14. The smallest absolute Gasteiger partial charge is 0.237 e. The van der Waals surface area contributed by atoms with Gasteiger partial charge >= 0.3 is 0 Å². The highest BCUT2D eigenvalue weighted by Crippen LogP contribution is 2.20. The van der Waals surface area contributed by atoms with Crippen molar-refractivity contribution in [1.82, 2.24) is 0 Å². The maximum absolute atomic E-state index is 12.1. The second-order valence-corrected chi connectivity index (χ2v) is 6.15. The van der Waals surface area contributed by atoms with Crippen molar-refractivity contribution in [3.8, 4) is 0 Å². The number of anilines is 1. The Bertz CT molecular complexity index is 578. The van der Waals surface area contributed by atoms with Crippen LogP contribution in [0.15, 0.2) is 41.0 Å². The number of thioether (sulfide) groups is 1. The molecule has 0 aliphatic carbocycles. The summed E-state index contributed by atoms with van der Waals surface area (Å²) < 4.78 is 5.26. The lowest BCUT2D eigenvalue weighted by Gasteiger charge is -2.12. The van der Waals surface area contributed by atoms with Crippen LogP contribution in [-0.2, 0) is 10.5 Å². The maximum Gasteiger partial charge on any atom is 0.237 e. The van der Waals surface area contributed by atoms with Crippen LogP contribution in [0.25, 0.3) is 0 Å². The molecule has 0 aliphatic heterocycles. The van der Waals surface area contributed by atoms with Gasteiger partial charge in [0.2, 0.25) is 5.91 Å². The molecule has 1 aromatic carbocycles. The third kappa shape index (κ3) is 3.90. The van der Waals surface area contributed by atoms with Crippen LogP contribution >= 0.6 is 11.8 Å². The highest BCUT2D eigenvalue weighted by atomic mass is 32.2. The molecule has 3 nitrogen and oxygen atoms in total. The summed E-state index contributed by atoms with van der Waals surface area (Å²) in [6.45, 7) is 6.01. The topological polar surface area (TPSA) is 42.2 Å². The molecule has 2 aromatic rings. The lowest BCUT2D eigenvalue weighted by Crippen LogP contribution is -2.22.